The van der Waals surface area contributed by atoms with Crippen LogP contribution >= 0.6 is 0 Å². The third kappa shape index (κ3) is 6.41. The smallest absolute Gasteiger partial charge is 0.416 e. The molecule has 2 aromatic carbocycles. The van der Waals surface area contributed by atoms with E-state index in [2.05, 4.69) is 4.72 Å². The molecule has 3 rings (SSSR count). The van der Waals surface area contributed by atoms with Gasteiger partial charge < -0.3 is 4.74 Å². The number of halogens is 4. The highest BCUT2D eigenvalue weighted by atomic mass is 32.2. The molecule has 5 nitrogen and oxygen atoms in total. The summed E-state index contributed by atoms with van der Waals surface area (Å²) in [5.74, 6) is -0.493. The van der Waals surface area contributed by atoms with Crippen LogP contribution in [-0.4, -0.2) is 38.6 Å². The van der Waals surface area contributed by atoms with Crippen molar-refractivity contribution in [1.29, 1.82) is 0 Å². The molecule has 1 heterocycles. The van der Waals surface area contributed by atoms with Crippen LogP contribution in [-0.2, 0) is 22.7 Å². The van der Waals surface area contributed by atoms with E-state index in [0.717, 1.165) is 11.3 Å². The number of sulfonamides is 1. The van der Waals surface area contributed by atoms with E-state index >= 15 is 0 Å². The minimum atomic E-state index is -4.84. The number of hydrogen-bond acceptors (Lipinski definition) is 4. The van der Waals surface area contributed by atoms with Crippen molar-refractivity contribution in [3.05, 3.63) is 59.4 Å². The molecule has 170 valence electrons. The first-order valence-electron chi connectivity index (χ1n) is 9.80. The molecule has 1 fully saturated rings. The average molecular weight is 460 g/mol. The molecule has 0 aliphatic carbocycles. The van der Waals surface area contributed by atoms with E-state index in [1.807, 2.05) is 43.0 Å². The zero-order valence-electron chi connectivity index (χ0n) is 17.1. The summed E-state index contributed by atoms with van der Waals surface area (Å²) in [5.41, 5.74) is -0.314. The Labute approximate surface area is 179 Å². The van der Waals surface area contributed by atoms with E-state index in [9.17, 15) is 26.0 Å². The van der Waals surface area contributed by atoms with Gasteiger partial charge in [-0.15, -0.1) is 0 Å². The van der Waals surface area contributed by atoms with E-state index in [4.69, 9.17) is 4.74 Å². The molecule has 0 amide bonds. The van der Waals surface area contributed by atoms with Gasteiger partial charge in [0.25, 0.3) is 0 Å². The fraction of sp³-hybridized carbons (Fsp3) is 0.429. The van der Waals surface area contributed by atoms with Crippen LogP contribution in [0.1, 0.15) is 31.4 Å². The maximum absolute atomic E-state index is 13.6. The Kier molecular flexibility index (Phi) is 6.92. The second-order valence-electron chi connectivity index (χ2n) is 7.83. The molecule has 0 radical (unpaired) electrons. The van der Waals surface area contributed by atoms with E-state index in [1.54, 1.807) is 0 Å². The summed E-state index contributed by atoms with van der Waals surface area (Å²) < 4.78 is 85.3. The maximum atomic E-state index is 13.6. The van der Waals surface area contributed by atoms with E-state index in [0.29, 0.717) is 38.2 Å². The van der Waals surface area contributed by atoms with Gasteiger partial charge in [0.05, 0.1) is 16.6 Å². The Bertz CT molecular complexity index is 1010. The molecule has 10 heteroatoms. The largest absolute Gasteiger partial charge is 0.491 e. The minimum absolute atomic E-state index is 0.0727. The van der Waals surface area contributed by atoms with Gasteiger partial charge >= 0.3 is 6.18 Å². The number of rotatable bonds is 7. The summed E-state index contributed by atoms with van der Waals surface area (Å²) in [4.78, 5) is 1.30. The number of benzene rings is 2. The highest BCUT2D eigenvalue weighted by molar-refractivity contribution is 7.89. The first-order chi connectivity index (χ1) is 14.4. The van der Waals surface area contributed by atoms with Crippen LogP contribution in [0.3, 0.4) is 0 Å². The van der Waals surface area contributed by atoms with Gasteiger partial charge in [-0.3, -0.25) is 4.90 Å². The topological polar surface area (TPSA) is 58.6 Å². The van der Waals surface area contributed by atoms with E-state index < -0.39 is 38.5 Å². The van der Waals surface area contributed by atoms with Gasteiger partial charge in [-0.1, -0.05) is 12.1 Å². The third-order valence-corrected chi connectivity index (χ3v) is 6.30. The molecule has 1 aliphatic rings. The molecule has 1 aliphatic heterocycles. The normalized spacial score (nSPS) is 18.0. The zero-order valence-corrected chi connectivity index (χ0v) is 17.9. The van der Waals surface area contributed by atoms with Crippen molar-refractivity contribution in [2.45, 2.75) is 50.0 Å². The van der Waals surface area contributed by atoms with Crippen molar-refractivity contribution < 1.29 is 30.7 Å². The molecular formula is C21H24F4N2O3S. The van der Waals surface area contributed by atoms with Gasteiger partial charge in [-0.05, 0) is 56.2 Å². The predicted octanol–water partition coefficient (Wildman–Crippen LogP) is 4.18. The highest BCUT2D eigenvalue weighted by Gasteiger charge is 2.34. The van der Waals surface area contributed by atoms with Gasteiger partial charge in [0.1, 0.15) is 11.6 Å². The Morgan fingerprint density at radius 3 is 2.45 bits per heavy atom. The first-order valence-corrected chi connectivity index (χ1v) is 11.3. The number of hydrogen-bond donors (Lipinski definition) is 1. The fourth-order valence-corrected chi connectivity index (χ4v) is 4.76. The lowest BCUT2D eigenvalue weighted by Gasteiger charge is -2.18. The van der Waals surface area contributed by atoms with Gasteiger partial charge in [0.15, 0.2) is 0 Å². The van der Waals surface area contributed by atoms with Gasteiger partial charge in [-0.2, -0.15) is 13.2 Å². The van der Waals surface area contributed by atoms with Crippen molar-refractivity contribution in [1.82, 2.24) is 9.62 Å². The Balaban J connectivity index is 1.62. The van der Waals surface area contributed by atoms with Crippen LogP contribution in [0.25, 0.3) is 0 Å². The van der Waals surface area contributed by atoms with Gasteiger partial charge in [0.2, 0.25) is 10.0 Å². The molecule has 31 heavy (non-hydrogen) atoms. The third-order valence-electron chi connectivity index (χ3n) is 4.80. The molecule has 2 aromatic rings. The molecule has 1 atom stereocenters. The molecule has 1 N–H and O–H groups in total. The van der Waals surface area contributed by atoms with E-state index in [1.165, 1.54) is 0 Å². The number of alkyl halides is 3. The van der Waals surface area contributed by atoms with Crippen molar-refractivity contribution in [3.8, 4) is 5.75 Å². The number of ether oxygens (including phenoxy) is 1. The summed E-state index contributed by atoms with van der Waals surface area (Å²) in [6.07, 6.45) is -4.27. The van der Waals surface area contributed by atoms with Crippen molar-refractivity contribution >= 4 is 10.0 Å². The molecule has 0 bridgehead atoms. The maximum Gasteiger partial charge on any atom is 0.416 e. The van der Waals surface area contributed by atoms with Gasteiger partial charge in [0, 0.05) is 25.7 Å². The summed E-state index contributed by atoms with van der Waals surface area (Å²) in [5, 5.41) is 0. The molecular weight excluding hydrogens is 436 g/mol. The standard InChI is InChI=1S/C21H24F4N2O3S/c1-14(2)30-19-5-3-15(4-6-19)12-27-8-7-18(13-27)26-31(28,29)20-10-16(21(23,24)25)9-17(22)11-20/h3-6,9-11,14,18,26H,7-8,12-13H2,1-2H3/t18-/m1/s1. The van der Waals surface area contributed by atoms with Crippen LogP contribution in [0.15, 0.2) is 47.4 Å². The number of nitrogens with zero attached hydrogens (tertiary/aromatic N) is 1. The van der Waals surface area contributed by atoms with Crippen LogP contribution in [0.2, 0.25) is 0 Å². The quantitative estimate of drug-likeness (QED) is 0.630. The Morgan fingerprint density at radius 1 is 1.16 bits per heavy atom. The summed E-state index contributed by atoms with van der Waals surface area (Å²) in [6, 6.07) is 8.42. The van der Waals surface area contributed by atoms with Crippen LogP contribution in [0.5, 0.6) is 5.75 Å². The lowest BCUT2D eigenvalue weighted by atomic mass is 10.2. The second kappa shape index (κ2) is 9.13. The first kappa shape index (κ1) is 23.5. The SMILES string of the molecule is CC(C)Oc1ccc(CN2CC[C@@H](NS(=O)(=O)c3cc(F)cc(C(F)(F)F)c3)C2)cc1. The lowest BCUT2D eigenvalue weighted by Crippen LogP contribution is -2.37. The number of likely N-dealkylation sites (tertiary alicyclic amines) is 1. The lowest BCUT2D eigenvalue weighted by molar-refractivity contribution is -0.137. The van der Waals surface area contributed by atoms with Crippen LogP contribution in [0, 0.1) is 5.82 Å². The fourth-order valence-electron chi connectivity index (χ4n) is 3.45. The molecule has 0 aromatic heterocycles. The summed E-state index contributed by atoms with van der Waals surface area (Å²) in [7, 11) is -4.30. The molecule has 0 unspecified atom stereocenters. The second-order valence-corrected chi connectivity index (χ2v) is 9.54. The average Bonchev–Trinajstić information content (AvgIpc) is 3.08. The van der Waals surface area contributed by atoms with Crippen LogP contribution in [0.4, 0.5) is 17.6 Å². The minimum Gasteiger partial charge on any atom is -0.491 e. The Hall–Kier alpha value is -2.17. The number of nitrogens with one attached hydrogen (secondary N) is 1. The molecule has 1 saturated heterocycles. The van der Waals surface area contributed by atoms with Crippen molar-refractivity contribution in [2.24, 2.45) is 0 Å². The zero-order chi connectivity index (χ0) is 22.8. The van der Waals surface area contributed by atoms with Crippen LogP contribution < -0.4 is 9.46 Å². The molecule has 0 spiro atoms. The predicted molar refractivity (Wildman–Crippen MR) is 108 cm³/mol. The summed E-state index contributed by atoms with van der Waals surface area (Å²) in [6.45, 7) is 5.48. The monoisotopic (exact) mass is 460 g/mol. The molecule has 0 saturated carbocycles. The van der Waals surface area contributed by atoms with E-state index in [-0.39, 0.29) is 12.2 Å². The Morgan fingerprint density at radius 2 is 1.84 bits per heavy atom. The highest BCUT2D eigenvalue weighted by Crippen LogP contribution is 2.31. The van der Waals surface area contributed by atoms with Crippen molar-refractivity contribution in [3.63, 3.8) is 0 Å². The van der Waals surface area contributed by atoms with Crippen molar-refractivity contribution in [2.75, 3.05) is 13.1 Å². The van der Waals surface area contributed by atoms with Gasteiger partial charge in [-0.25, -0.2) is 17.5 Å². The summed E-state index contributed by atoms with van der Waals surface area (Å²) >= 11 is 0.